The van der Waals surface area contributed by atoms with E-state index in [2.05, 4.69) is 30.2 Å². The Labute approximate surface area is 183 Å². The highest BCUT2D eigenvalue weighted by Crippen LogP contribution is 2.25. The van der Waals surface area contributed by atoms with E-state index in [1.165, 1.54) is 5.57 Å². The van der Waals surface area contributed by atoms with Gasteiger partial charge in [-0.15, -0.1) is 0 Å². The smallest absolute Gasteiger partial charge is 0.322 e. The number of hydrogen-bond acceptors (Lipinski definition) is 3. The van der Waals surface area contributed by atoms with Gasteiger partial charge in [0.15, 0.2) is 0 Å². The van der Waals surface area contributed by atoms with Gasteiger partial charge >= 0.3 is 6.03 Å². The minimum atomic E-state index is -0.107. The van der Waals surface area contributed by atoms with Gasteiger partial charge in [-0.2, -0.15) is 0 Å². The summed E-state index contributed by atoms with van der Waals surface area (Å²) >= 11 is 0. The van der Waals surface area contributed by atoms with Crippen molar-refractivity contribution in [1.29, 1.82) is 0 Å². The first kappa shape index (κ1) is 20.8. The van der Waals surface area contributed by atoms with Gasteiger partial charge in [-0.1, -0.05) is 38.1 Å². The number of nitrogens with one attached hydrogen (secondary N) is 1. The van der Waals surface area contributed by atoms with Gasteiger partial charge in [-0.05, 0) is 58.9 Å². The number of carbonyl (C=O) groups excluding carboxylic acids is 2. The molecule has 3 amide bonds. The van der Waals surface area contributed by atoms with Crippen LogP contribution in [0, 0.1) is 5.92 Å². The average Bonchev–Trinajstić information content (AvgIpc) is 3.23. The van der Waals surface area contributed by atoms with Crippen LogP contribution < -0.4 is 5.32 Å². The summed E-state index contributed by atoms with van der Waals surface area (Å²) in [5, 5.41) is 2.98. The molecular weight excluding hydrogens is 388 g/mol. The first-order valence-corrected chi connectivity index (χ1v) is 10.7. The van der Waals surface area contributed by atoms with Crippen molar-refractivity contribution in [3.8, 4) is 0 Å². The maximum atomic E-state index is 12.6. The lowest BCUT2D eigenvalue weighted by Crippen LogP contribution is -2.33. The lowest BCUT2D eigenvalue weighted by Gasteiger charge is -2.26. The van der Waals surface area contributed by atoms with Gasteiger partial charge < -0.3 is 15.1 Å². The van der Waals surface area contributed by atoms with Gasteiger partial charge in [0, 0.05) is 44.3 Å². The number of carbonyl (C=O) groups is 2. The van der Waals surface area contributed by atoms with Crippen LogP contribution in [0.3, 0.4) is 0 Å². The number of aromatic nitrogens is 1. The van der Waals surface area contributed by atoms with Gasteiger partial charge in [0.05, 0.1) is 0 Å². The molecule has 2 aromatic rings. The van der Waals surface area contributed by atoms with Crippen LogP contribution in [0.4, 0.5) is 10.5 Å². The molecule has 0 saturated heterocycles. The van der Waals surface area contributed by atoms with Crippen LogP contribution in [0.5, 0.6) is 0 Å². The minimum absolute atomic E-state index is 0.0712. The van der Waals surface area contributed by atoms with Crippen LogP contribution >= 0.6 is 0 Å². The number of urea groups is 1. The predicted octanol–water partition coefficient (Wildman–Crippen LogP) is 4.46. The SMILES string of the molecule is CC(C)C=CC(=O)N1CC=C(c2ccc(NC(=O)N3Cc4ccncc4C3)cc2)CC1. The van der Waals surface area contributed by atoms with Crippen LogP contribution in [-0.4, -0.2) is 39.8 Å². The van der Waals surface area contributed by atoms with Crippen molar-refractivity contribution in [2.45, 2.75) is 33.4 Å². The third-order valence-corrected chi connectivity index (χ3v) is 5.67. The molecule has 4 rings (SSSR count). The maximum Gasteiger partial charge on any atom is 0.322 e. The molecule has 0 saturated carbocycles. The van der Waals surface area contributed by atoms with Crippen molar-refractivity contribution in [3.63, 3.8) is 0 Å². The second kappa shape index (κ2) is 9.16. The Hall–Kier alpha value is -3.41. The number of benzene rings is 1. The molecular formula is C25H28N4O2. The molecule has 0 bridgehead atoms. The Morgan fingerprint density at radius 3 is 2.52 bits per heavy atom. The predicted molar refractivity (Wildman–Crippen MR) is 122 cm³/mol. The van der Waals surface area contributed by atoms with Crippen LogP contribution in [0.25, 0.3) is 5.57 Å². The quantitative estimate of drug-likeness (QED) is 0.749. The van der Waals surface area contributed by atoms with E-state index in [9.17, 15) is 9.59 Å². The highest BCUT2D eigenvalue weighted by atomic mass is 16.2. The Balaban J connectivity index is 1.33. The number of amides is 3. The van der Waals surface area contributed by atoms with E-state index in [1.807, 2.05) is 47.5 Å². The molecule has 0 spiro atoms. The molecule has 0 atom stereocenters. The number of nitrogens with zero attached hydrogens (tertiary/aromatic N) is 3. The fourth-order valence-electron chi connectivity index (χ4n) is 3.85. The molecule has 6 nitrogen and oxygen atoms in total. The number of rotatable bonds is 4. The third kappa shape index (κ3) is 5.02. The zero-order valence-corrected chi connectivity index (χ0v) is 18.0. The molecule has 31 heavy (non-hydrogen) atoms. The standard InChI is InChI=1S/C25H28N4O2/c1-18(2)3-8-24(30)28-13-10-20(11-14-28)19-4-6-23(7-5-19)27-25(31)29-16-21-9-12-26-15-22(21)17-29/h3-10,12,15,18H,11,13-14,16-17H2,1-2H3,(H,27,31). The molecule has 1 aromatic heterocycles. The van der Waals surface area contributed by atoms with Gasteiger partial charge in [0.1, 0.15) is 0 Å². The maximum absolute atomic E-state index is 12.6. The van der Waals surface area contributed by atoms with Gasteiger partial charge in [-0.3, -0.25) is 9.78 Å². The molecule has 6 heteroatoms. The molecule has 0 aliphatic carbocycles. The van der Waals surface area contributed by atoms with Crippen LogP contribution in [0.15, 0.2) is 61.0 Å². The lowest BCUT2D eigenvalue weighted by atomic mass is 9.99. The average molecular weight is 417 g/mol. The van der Waals surface area contributed by atoms with Crippen molar-refractivity contribution in [3.05, 3.63) is 77.6 Å². The highest BCUT2D eigenvalue weighted by Gasteiger charge is 2.23. The van der Waals surface area contributed by atoms with Crippen molar-refractivity contribution in [2.75, 3.05) is 18.4 Å². The van der Waals surface area contributed by atoms with Gasteiger partial charge in [-0.25, -0.2) is 4.79 Å². The van der Waals surface area contributed by atoms with Crippen molar-refractivity contribution >= 4 is 23.2 Å². The van der Waals surface area contributed by atoms with Crippen LogP contribution in [-0.2, 0) is 17.9 Å². The van der Waals surface area contributed by atoms with Crippen LogP contribution in [0.1, 0.15) is 37.0 Å². The van der Waals surface area contributed by atoms with Gasteiger partial charge in [0.25, 0.3) is 0 Å². The monoisotopic (exact) mass is 416 g/mol. The van der Waals surface area contributed by atoms with E-state index in [-0.39, 0.29) is 11.9 Å². The number of allylic oxidation sites excluding steroid dienone is 1. The Morgan fingerprint density at radius 2 is 1.84 bits per heavy atom. The molecule has 2 aliphatic rings. The number of hydrogen-bond donors (Lipinski definition) is 1. The molecule has 0 radical (unpaired) electrons. The summed E-state index contributed by atoms with van der Waals surface area (Å²) in [6.45, 7) is 6.66. The molecule has 1 N–H and O–H groups in total. The fourth-order valence-corrected chi connectivity index (χ4v) is 3.85. The van der Waals surface area contributed by atoms with Crippen LogP contribution in [0.2, 0.25) is 0 Å². The van der Waals surface area contributed by atoms with E-state index in [1.54, 1.807) is 17.2 Å². The zero-order valence-electron chi connectivity index (χ0n) is 18.0. The Morgan fingerprint density at radius 1 is 1.06 bits per heavy atom. The molecule has 0 unspecified atom stereocenters. The molecule has 3 heterocycles. The second-order valence-electron chi connectivity index (χ2n) is 8.37. The summed E-state index contributed by atoms with van der Waals surface area (Å²) < 4.78 is 0. The summed E-state index contributed by atoms with van der Waals surface area (Å²) in [5.41, 5.74) is 5.39. The summed E-state index contributed by atoms with van der Waals surface area (Å²) in [4.78, 5) is 32.6. The number of fused-ring (bicyclic) bond motifs is 1. The number of pyridine rings is 1. The van der Waals surface area contributed by atoms with Crippen molar-refractivity contribution in [1.82, 2.24) is 14.8 Å². The fraction of sp³-hybridized carbons (Fsp3) is 0.320. The Kier molecular flexibility index (Phi) is 6.16. The second-order valence-corrected chi connectivity index (χ2v) is 8.37. The summed E-state index contributed by atoms with van der Waals surface area (Å²) in [7, 11) is 0. The minimum Gasteiger partial charge on any atom is -0.335 e. The third-order valence-electron chi connectivity index (χ3n) is 5.67. The summed E-state index contributed by atoms with van der Waals surface area (Å²) in [5.74, 6) is 0.443. The zero-order chi connectivity index (χ0) is 21.8. The first-order valence-electron chi connectivity index (χ1n) is 10.7. The van der Waals surface area contributed by atoms with E-state index in [0.29, 0.717) is 25.6 Å². The topological polar surface area (TPSA) is 65.5 Å². The molecule has 160 valence electrons. The van der Waals surface area contributed by atoms with Crippen molar-refractivity contribution in [2.24, 2.45) is 5.92 Å². The van der Waals surface area contributed by atoms with Gasteiger partial charge in [0.2, 0.25) is 5.91 Å². The first-order chi connectivity index (χ1) is 15.0. The molecule has 0 fully saturated rings. The number of anilines is 1. The summed E-state index contributed by atoms with van der Waals surface area (Å²) in [6, 6.07) is 9.78. The largest absolute Gasteiger partial charge is 0.335 e. The van der Waals surface area contributed by atoms with E-state index >= 15 is 0 Å². The van der Waals surface area contributed by atoms with Crippen molar-refractivity contribution < 1.29 is 9.59 Å². The normalized spacial score (nSPS) is 15.9. The molecule has 2 aliphatic heterocycles. The summed E-state index contributed by atoms with van der Waals surface area (Å²) in [6.07, 6.45) is 10.1. The molecule has 1 aromatic carbocycles. The Bertz CT molecular complexity index is 999. The van der Waals surface area contributed by atoms with E-state index < -0.39 is 0 Å². The highest BCUT2D eigenvalue weighted by molar-refractivity contribution is 5.90. The lowest BCUT2D eigenvalue weighted by molar-refractivity contribution is -0.125. The van der Waals surface area contributed by atoms with E-state index in [4.69, 9.17) is 0 Å². The van der Waals surface area contributed by atoms with E-state index in [0.717, 1.165) is 35.3 Å².